The summed E-state index contributed by atoms with van der Waals surface area (Å²) in [6, 6.07) is 12.1. The largest absolute Gasteiger partial charge is 0.486 e. The summed E-state index contributed by atoms with van der Waals surface area (Å²) in [5.74, 6) is 0.574. The summed E-state index contributed by atoms with van der Waals surface area (Å²) in [4.78, 5) is 25.7. The molecule has 0 aromatic heterocycles. The third kappa shape index (κ3) is 4.03. The van der Waals surface area contributed by atoms with Crippen molar-refractivity contribution in [3.63, 3.8) is 0 Å². The maximum Gasteiger partial charge on any atom is 0.244 e. The monoisotopic (exact) mass is 360 g/mol. The summed E-state index contributed by atoms with van der Waals surface area (Å²) >= 11 is 6.04. The van der Waals surface area contributed by atoms with Crippen molar-refractivity contribution in [2.24, 2.45) is 0 Å². The lowest BCUT2D eigenvalue weighted by atomic mass is 10.2. The average molecular weight is 361 g/mol. The minimum Gasteiger partial charge on any atom is -0.486 e. The van der Waals surface area contributed by atoms with Gasteiger partial charge in [0.05, 0.1) is 10.7 Å². The van der Waals surface area contributed by atoms with Crippen LogP contribution in [-0.4, -0.2) is 31.6 Å². The Labute approximate surface area is 150 Å². The van der Waals surface area contributed by atoms with Gasteiger partial charge in [-0.25, -0.2) is 0 Å². The number of carbonyl (C=O) groups excluding carboxylic acids is 2. The van der Waals surface area contributed by atoms with Crippen LogP contribution in [-0.2, 0) is 9.59 Å². The number of amides is 2. The molecule has 0 atom stereocenters. The maximum atomic E-state index is 12.3. The smallest absolute Gasteiger partial charge is 0.244 e. The Kier molecular flexibility index (Phi) is 5.09. The van der Waals surface area contributed by atoms with E-state index in [9.17, 15) is 9.59 Å². The Morgan fingerprint density at radius 1 is 1.12 bits per heavy atom. The Hall–Kier alpha value is -2.73. The molecular weight excluding hydrogens is 344 g/mol. The number of para-hydroxylation sites is 1. The van der Waals surface area contributed by atoms with Crippen molar-refractivity contribution in [2.75, 3.05) is 30.0 Å². The number of nitrogens with zero attached hydrogens (tertiary/aromatic N) is 1. The third-order valence-electron chi connectivity index (χ3n) is 3.67. The number of hydrogen-bond donors (Lipinski definition) is 1. The van der Waals surface area contributed by atoms with E-state index in [1.54, 1.807) is 42.5 Å². The first-order valence-electron chi connectivity index (χ1n) is 7.77. The first-order chi connectivity index (χ1) is 12.0. The molecule has 0 radical (unpaired) electrons. The lowest BCUT2D eigenvalue weighted by Crippen LogP contribution is -2.36. The number of hydrogen-bond acceptors (Lipinski definition) is 4. The summed E-state index contributed by atoms with van der Waals surface area (Å²) in [6.07, 6.45) is 0. The Balaban J connectivity index is 1.76. The normalized spacial score (nSPS) is 12.4. The second-order valence-electron chi connectivity index (χ2n) is 5.46. The SMILES string of the molecule is CC(=O)N(CC(=O)Nc1ccccc1Cl)c1ccc2c(c1)OCCO2. The van der Waals surface area contributed by atoms with Gasteiger partial charge in [-0.3, -0.25) is 9.59 Å². The van der Waals surface area contributed by atoms with Gasteiger partial charge in [-0.15, -0.1) is 0 Å². The molecule has 0 spiro atoms. The van der Waals surface area contributed by atoms with E-state index in [2.05, 4.69) is 5.32 Å². The molecule has 7 heteroatoms. The molecule has 0 saturated carbocycles. The fourth-order valence-corrected chi connectivity index (χ4v) is 2.66. The molecule has 2 amide bonds. The van der Waals surface area contributed by atoms with Crippen LogP contribution in [0, 0.1) is 0 Å². The van der Waals surface area contributed by atoms with E-state index >= 15 is 0 Å². The van der Waals surface area contributed by atoms with Gasteiger partial charge in [0, 0.05) is 18.7 Å². The van der Waals surface area contributed by atoms with Crippen LogP contribution in [0.15, 0.2) is 42.5 Å². The summed E-state index contributed by atoms with van der Waals surface area (Å²) in [7, 11) is 0. The van der Waals surface area contributed by atoms with E-state index < -0.39 is 0 Å². The van der Waals surface area contributed by atoms with Crippen molar-refractivity contribution in [3.8, 4) is 11.5 Å². The van der Waals surface area contributed by atoms with E-state index in [4.69, 9.17) is 21.1 Å². The third-order valence-corrected chi connectivity index (χ3v) is 4.00. The first-order valence-corrected chi connectivity index (χ1v) is 8.14. The van der Waals surface area contributed by atoms with Gasteiger partial charge in [0.1, 0.15) is 19.8 Å². The van der Waals surface area contributed by atoms with Crippen LogP contribution in [0.25, 0.3) is 0 Å². The lowest BCUT2D eigenvalue weighted by molar-refractivity contribution is -0.120. The number of benzene rings is 2. The Morgan fingerprint density at radius 2 is 1.84 bits per heavy atom. The van der Waals surface area contributed by atoms with Gasteiger partial charge in [-0.2, -0.15) is 0 Å². The predicted octanol–water partition coefficient (Wildman–Crippen LogP) is 3.10. The molecule has 0 saturated heterocycles. The van der Waals surface area contributed by atoms with Crippen LogP contribution >= 0.6 is 11.6 Å². The fourth-order valence-electron chi connectivity index (χ4n) is 2.48. The van der Waals surface area contributed by atoms with Crippen LogP contribution in [0.4, 0.5) is 11.4 Å². The Morgan fingerprint density at radius 3 is 2.56 bits per heavy atom. The molecule has 0 aliphatic carbocycles. The molecule has 3 rings (SSSR count). The number of carbonyl (C=O) groups is 2. The maximum absolute atomic E-state index is 12.3. The van der Waals surface area contributed by atoms with E-state index in [0.717, 1.165) is 0 Å². The lowest BCUT2D eigenvalue weighted by Gasteiger charge is -2.24. The minimum atomic E-state index is -0.349. The van der Waals surface area contributed by atoms with Crippen LogP contribution in [0.2, 0.25) is 5.02 Å². The summed E-state index contributed by atoms with van der Waals surface area (Å²) in [6.45, 7) is 2.20. The molecule has 1 heterocycles. The van der Waals surface area contributed by atoms with Crippen LogP contribution in [0.3, 0.4) is 0 Å². The van der Waals surface area contributed by atoms with Crippen molar-refractivity contribution in [3.05, 3.63) is 47.5 Å². The summed E-state index contributed by atoms with van der Waals surface area (Å²) in [5.41, 5.74) is 1.06. The highest BCUT2D eigenvalue weighted by Crippen LogP contribution is 2.34. The second-order valence-corrected chi connectivity index (χ2v) is 5.87. The molecule has 0 unspecified atom stereocenters. The van der Waals surface area contributed by atoms with Crippen molar-refractivity contribution in [1.82, 2.24) is 0 Å². The van der Waals surface area contributed by atoms with Gasteiger partial charge in [0.25, 0.3) is 0 Å². The van der Waals surface area contributed by atoms with Crippen molar-refractivity contribution in [2.45, 2.75) is 6.92 Å². The van der Waals surface area contributed by atoms with E-state index in [-0.39, 0.29) is 18.4 Å². The molecule has 1 aliphatic rings. The number of rotatable bonds is 4. The fraction of sp³-hybridized carbons (Fsp3) is 0.222. The number of anilines is 2. The quantitative estimate of drug-likeness (QED) is 0.909. The van der Waals surface area contributed by atoms with E-state index in [1.807, 2.05) is 0 Å². The molecule has 25 heavy (non-hydrogen) atoms. The van der Waals surface area contributed by atoms with Gasteiger partial charge in [0.2, 0.25) is 11.8 Å². The molecule has 0 bridgehead atoms. The number of nitrogens with one attached hydrogen (secondary N) is 1. The number of fused-ring (bicyclic) bond motifs is 1. The zero-order chi connectivity index (χ0) is 17.8. The van der Waals surface area contributed by atoms with Gasteiger partial charge in [0.15, 0.2) is 11.5 Å². The van der Waals surface area contributed by atoms with Crippen LogP contribution in [0.1, 0.15) is 6.92 Å². The highest BCUT2D eigenvalue weighted by molar-refractivity contribution is 6.33. The Bertz CT molecular complexity index is 809. The standard InChI is InChI=1S/C18H17ClN2O4/c1-12(22)21(11-18(23)20-15-5-3-2-4-14(15)19)13-6-7-16-17(10-13)25-9-8-24-16/h2-7,10H,8-9,11H2,1H3,(H,20,23). The van der Waals surface area contributed by atoms with E-state index in [1.165, 1.54) is 11.8 Å². The minimum absolute atomic E-state index is 0.139. The van der Waals surface area contributed by atoms with Crippen molar-refractivity contribution >= 4 is 34.8 Å². The molecule has 1 aliphatic heterocycles. The van der Waals surface area contributed by atoms with Gasteiger partial charge in [-0.1, -0.05) is 23.7 Å². The highest BCUT2D eigenvalue weighted by atomic mass is 35.5. The first kappa shape index (κ1) is 17.1. The molecule has 2 aromatic rings. The highest BCUT2D eigenvalue weighted by Gasteiger charge is 2.20. The zero-order valence-electron chi connectivity index (χ0n) is 13.6. The zero-order valence-corrected chi connectivity index (χ0v) is 14.4. The van der Waals surface area contributed by atoms with Crippen molar-refractivity contribution in [1.29, 1.82) is 0 Å². The van der Waals surface area contributed by atoms with Gasteiger partial charge in [-0.05, 0) is 24.3 Å². The van der Waals surface area contributed by atoms with Gasteiger partial charge >= 0.3 is 0 Å². The molecule has 0 fully saturated rings. The van der Waals surface area contributed by atoms with E-state index in [0.29, 0.717) is 41.1 Å². The molecule has 130 valence electrons. The summed E-state index contributed by atoms with van der Waals surface area (Å²) in [5, 5.41) is 3.14. The molecule has 2 aromatic carbocycles. The number of halogens is 1. The molecule has 1 N–H and O–H groups in total. The van der Waals surface area contributed by atoms with Crippen molar-refractivity contribution < 1.29 is 19.1 Å². The van der Waals surface area contributed by atoms with Crippen LogP contribution in [0.5, 0.6) is 11.5 Å². The van der Waals surface area contributed by atoms with Crippen LogP contribution < -0.4 is 19.7 Å². The number of ether oxygens (including phenoxy) is 2. The predicted molar refractivity (Wildman–Crippen MR) is 95.5 cm³/mol. The van der Waals surface area contributed by atoms with Gasteiger partial charge < -0.3 is 19.7 Å². The topological polar surface area (TPSA) is 67.9 Å². The summed E-state index contributed by atoms with van der Waals surface area (Å²) < 4.78 is 11.0. The average Bonchev–Trinajstić information content (AvgIpc) is 2.61. The molecular formula is C18H17ClN2O4. The molecule has 6 nitrogen and oxygen atoms in total. The second kappa shape index (κ2) is 7.44.